The Morgan fingerprint density at radius 1 is 1.60 bits per heavy atom. The Balaban J connectivity index is 3.03. The van der Waals surface area contributed by atoms with Crippen molar-refractivity contribution >= 4 is 23.0 Å². The van der Waals surface area contributed by atoms with Crippen LogP contribution in [0.3, 0.4) is 0 Å². The molecule has 1 aromatic rings. The monoisotopic (exact) mass is 226 g/mol. The van der Waals surface area contributed by atoms with Gasteiger partial charge in [-0.25, -0.2) is 0 Å². The Labute approximate surface area is 94.0 Å². The summed E-state index contributed by atoms with van der Waals surface area (Å²) in [5.74, 6) is 0.598. The normalized spacial score (nSPS) is 11.9. The van der Waals surface area contributed by atoms with E-state index >= 15 is 0 Å². The molecule has 0 aliphatic carbocycles. The fraction of sp³-hybridized carbons (Fsp3) is 0.300. The summed E-state index contributed by atoms with van der Waals surface area (Å²) in [4.78, 5) is 0. The van der Waals surface area contributed by atoms with Gasteiger partial charge < -0.3 is 20.9 Å². The molecule has 15 heavy (non-hydrogen) atoms. The second-order valence-corrected chi connectivity index (χ2v) is 3.56. The third-order valence-electron chi connectivity index (χ3n) is 1.97. The molecule has 1 atom stereocenters. The largest absolute Gasteiger partial charge is 0.495 e. The topological polar surface area (TPSA) is 67.5 Å². The number of ether oxygens (including phenoxy) is 1. The van der Waals surface area contributed by atoms with Crippen LogP contribution in [0.1, 0.15) is 18.6 Å². The molecule has 0 saturated carbocycles. The van der Waals surface area contributed by atoms with Crippen LogP contribution in [-0.2, 0) is 0 Å². The Morgan fingerprint density at radius 2 is 2.27 bits per heavy atom. The van der Waals surface area contributed by atoms with E-state index in [1.54, 1.807) is 32.2 Å². The minimum Gasteiger partial charge on any atom is -0.495 e. The highest BCUT2D eigenvalue weighted by Crippen LogP contribution is 2.27. The number of nitrogens with one attached hydrogen (secondary N) is 1. The summed E-state index contributed by atoms with van der Waals surface area (Å²) in [6, 6.07) is 5.29. The maximum Gasteiger partial charge on any atom is 0.168 e. The van der Waals surface area contributed by atoms with Gasteiger partial charge in [0.25, 0.3) is 0 Å². The minimum absolute atomic E-state index is 0.179. The van der Waals surface area contributed by atoms with E-state index in [1.807, 2.05) is 0 Å². The van der Waals surface area contributed by atoms with E-state index in [0.29, 0.717) is 11.4 Å². The minimum atomic E-state index is -0.530. The number of methoxy groups -OCH3 is 1. The average molecular weight is 226 g/mol. The highest BCUT2D eigenvalue weighted by atomic mass is 32.1. The van der Waals surface area contributed by atoms with Gasteiger partial charge in [-0.2, -0.15) is 0 Å². The van der Waals surface area contributed by atoms with Gasteiger partial charge in [0, 0.05) is 0 Å². The number of hydrogen-bond acceptors (Lipinski definition) is 3. The molecule has 4 N–H and O–H groups in total. The number of thiocarbonyl (C=S) groups is 1. The average Bonchev–Trinajstić information content (AvgIpc) is 2.17. The molecule has 4 nitrogen and oxygen atoms in total. The third kappa shape index (κ3) is 3.07. The molecule has 0 spiro atoms. The molecule has 0 amide bonds. The van der Waals surface area contributed by atoms with Gasteiger partial charge >= 0.3 is 0 Å². The fourth-order valence-corrected chi connectivity index (χ4v) is 1.31. The van der Waals surface area contributed by atoms with Crippen LogP contribution in [0.25, 0.3) is 0 Å². The van der Waals surface area contributed by atoms with Crippen LogP contribution in [0.5, 0.6) is 5.75 Å². The van der Waals surface area contributed by atoms with Gasteiger partial charge in [0.05, 0.1) is 18.9 Å². The smallest absolute Gasteiger partial charge is 0.168 e. The molecule has 5 heteroatoms. The lowest BCUT2D eigenvalue weighted by atomic mass is 10.1. The van der Waals surface area contributed by atoms with Crippen molar-refractivity contribution in [2.24, 2.45) is 5.73 Å². The molecule has 1 unspecified atom stereocenters. The molecule has 0 radical (unpaired) electrons. The van der Waals surface area contributed by atoms with Crippen LogP contribution < -0.4 is 15.8 Å². The van der Waals surface area contributed by atoms with Gasteiger partial charge in [-0.1, -0.05) is 6.07 Å². The van der Waals surface area contributed by atoms with Crippen LogP contribution in [-0.4, -0.2) is 17.3 Å². The van der Waals surface area contributed by atoms with Gasteiger partial charge in [0.1, 0.15) is 5.75 Å². The van der Waals surface area contributed by atoms with Crippen molar-refractivity contribution in [3.05, 3.63) is 23.8 Å². The lowest BCUT2D eigenvalue weighted by Gasteiger charge is -2.12. The summed E-state index contributed by atoms with van der Waals surface area (Å²) in [7, 11) is 1.55. The Kier molecular flexibility index (Phi) is 3.88. The molecular weight excluding hydrogens is 212 g/mol. The molecule has 0 aliphatic heterocycles. The van der Waals surface area contributed by atoms with Crippen molar-refractivity contribution < 1.29 is 9.84 Å². The van der Waals surface area contributed by atoms with Crippen LogP contribution in [0.4, 0.5) is 5.69 Å². The first-order valence-corrected chi connectivity index (χ1v) is 4.88. The standard InChI is InChI=1S/C10H14N2O2S/c1-6(13)7-3-4-8(12-10(11)15)9(5-7)14-2/h3-6,13H,1-2H3,(H3,11,12,15). The fourth-order valence-electron chi connectivity index (χ4n) is 1.20. The summed E-state index contributed by atoms with van der Waals surface area (Å²) < 4.78 is 5.15. The number of benzene rings is 1. The van der Waals surface area contributed by atoms with Gasteiger partial charge in [-0.3, -0.25) is 0 Å². The Morgan fingerprint density at radius 3 is 2.73 bits per heavy atom. The number of anilines is 1. The number of aliphatic hydroxyl groups is 1. The second-order valence-electron chi connectivity index (χ2n) is 3.12. The zero-order valence-corrected chi connectivity index (χ0v) is 9.47. The zero-order valence-electron chi connectivity index (χ0n) is 8.65. The third-order valence-corrected chi connectivity index (χ3v) is 2.07. The van der Waals surface area contributed by atoms with E-state index < -0.39 is 6.10 Å². The van der Waals surface area contributed by atoms with E-state index in [0.717, 1.165) is 5.56 Å². The zero-order chi connectivity index (χ0) is 11.4. The number of rotatable bonds is 3. The van der Waals surface area contributed by atoms with E-state index in [1.165, 1.54) is 0 Å². The summed E-state index contributed by atoms with van der Waals surface area (Å²) in [6.07, 6.45) is -0.530. The van der Waals surface area contributed by atoms with Gasteiger partial charge in [0.15, 0.2) is 5.11 Å². The van der Waals surface area contributed by atoms with E-state index in [9.17, 15) is 5.11 Å². The van der Waals surface area contributed by atoms with Crippen molar-refractivity contribution in [1.29, 1.82) is 0 Å². The van der Waals surface area contributed by atoms with Crippen molar-refractivity contribution in [3.63, 3.8) is 0 Å². The molecule has 0 heterocycles. The van der Waals surface area contributed by atoms with Crippen LogP contribution >= 0.6 is 12.2 Å². The molecule has 0 fully saturated rings. The van der Waals surface area contributed by atoms with Crippen LogP contribution in [0, 0.1) is 0 Å². The maximum atomic E-state index is 9.39. The molecule has 0 aliphatic rings. The highest BCUT2D eigenvalue weighted by molar-refractivity contribution is 7.80. The van der Waals surface area contributed by atoms with Gasteiger partial charge in [0.2, 0.25) is 0 Å². The van der Waals surface area contributed by atoms with Crippen molar-refractivity contribution in [2.45, 2.75) is 13.0 Å². The number of hydrogen-bond donors (Lipinski definition) is 3. The molecular formula is C10H14N2O2S. The van der Waals surface area contributed by atoms with Crippen molar-refractivity contribution in [1.82, 2.24) is 0 Å². The Hall–Kier alpha value is -1.33. The maximum absolute atomic E-state index is 9.39. The lowest BCUT2D eigenvalue weighted by molar-refractivity contribution is 0.199. The van der Waals surface area contributed by atoms with E-state index in [4.69, 9.17) is 22.7 Å². The van der Waals surface area contributed by atoms with Crippen LogP contribution in [0.2, 0.25) is 0 Å². The van der Waals surface area contributed by atoms with Crippen molar-refractivity contribution in [2.75, 3.05) is 12.4 Å². The predicted octanol–water partition coefficient (Wildman–Crippen LogP) is 1.40. The first-order valence-electron chi connectivity index (χ1n) is 4.47. The van der Waals surface area contributed by atoms with Gasteiger partial charge in [-0.15, -0.1) is 0 Å². The van der Waals surface area contributed by atoms with Gasteiger partial charge in [-0.05, 0) is 36.8 Å². The Bertz CT molecular complexity index is 366. The molecule has 1 rings (SSSR count). The summed E-state index contributed by atoms with van der Waals surface area (Å²) in [5.41, 5.74) is 6.83. The molecule has 1 aromatic carbocycles. The molecule has 0 aromatic heterocycles. The molecule has 82 valence electrons. The van der Waals surface area contributed by atoms with Crippen molar-refractivity contribution in [3.8, 4) is 5.75 Å². The predicted molar refractivity (Wildman–Crippen MR) is 64.0 cm³/mol. The summed E-state index contributed by atoms with van der Waals surface area (Å²) in [6.45, 7) is 1.69. The molecule has 0 saturated heterocycles. The number of aliphatic hydroxyl groups excluding tert-OH is 1. The van der Waals surface area contributed by atoms with Crippen LogP contribution in [0.15, 0.2) is 18.2 Å². The van der Waals surface area contributed by atoms with E-state index in [-0.39, 0.29) is 5.11 Å². The second kappa shape index (κ2) is 4.95. The van der Waals surface area contributed by atoms with E-state index in [2.05, 4.69) is 5.32 Å². The summed E-state index contributed by atoms with van der Waals surface area (Å²) >= 11 is 4.73. The first kappa shape index (κ1) is 11.7. The highest BCUT2D eigenvalue weighted by Gasteiger charge is 2.07. The quantitative estimate of drug-likeness (QED) is 0.680. The summed E-state index contributed by atoms with van der Waals surface area (Å²) in [5, 5.41) is 12.4. The number of nitrogens with two attached hydrogens (primary N) is 1. The molecule has 0 bridgehead atoms. The lowest BCUT2D eigenvalue weighted by Crippen LogP contribution is -2.19. The SMILES string of the molecule is COc1cc(C(C)O)ccc1NC(N)=S. The first-order chi connectivity index (χ1) is 7.04.